The van der Waals surface area contributed by atoms with Gasteiger partial charge in [0.1, 0.15) is 17.9 Å². The van der Waals surface area contributed by atoms with E-state index in [-0.39, 0.29) is 5.56 Å². The third kappa shape index (κ3) is 3.58. The van der Waals surface area contributed by atoms with Gasteiger partial charge in [0.25, 0.3) is 0 Å². The summed E-state index contributed by atoms with van der Waals surface area (Å²) in [6.45, 7) is 2.37. The molecule has 0 saturated carbocycles. The monoisotopic (exact) mass is 320 g/mol. The number of hydrogen-bond acceptors (Lipinski definition) is 2. The molecule has 0 aliphatic rings. The van der Waals surface area contributed by atoms with Crippen molar-refractivity contribution >= 4 is 21.9 Å². The van der Waals surface area contributed by atoms with Gasteiger partial charge in [-0.15, -0.1) is 0 Å². The molecule has 0 bridgehead atoms. The molecule has 4 heteroatoms. The number of hydrogen-bond donors (Lipinski definition) is 1. The largest absolute Gasteiger partial charge is 0.488 e. The molecule has 2 rings (SSSR count). The fourth-order valence-corrected chi connectivity index (χ4v) is 2.00. The van der Waals surface area contributed by atoms with E-state index >= 15 is 0 Å². The Morgan fingerprint density at radius 3 is 2.53 bits per heavy atom. The Morgan fingerprint density at radius 1 is 1.21 bits per heavy atom. The number of ether oxygens (including phenoxy) is 1. The van der Waals surface area contributed by atoms with Crippen LogP contribution in [0.25, 0.3) is 0 Å². The maximum absolute atomic E-state index is 11.1. The summed E-state index contributed by atoms with van der Waals surface area (Å²) < 4.78 is 6.29. The van der Waals surface area contributed by atoms with Crippen molar-refractivity contribution in [3.8, 4) is 5.75 Å². The van der Waals surface area contributed by atoms with Gasteiger partial charge in [-0.2, -0.15) is 0 Å². The van der Waals surface area contributed by atoms with Gasteiger partial charge in [0.2, 0.25) is 0 Å². The van der Waals surface area contributed by atoms with Crippen molar-refractivity contribution in [2.75, 3.05) is 0 Å². The highest BCUT2D eigenvalue weighted by molar-refractivity contribution is 9.10. The zero-order valence-electron chi connectivity index (χ0n) is 10.4. The van der Waals surface area contributed by atoms with Crippen LogP contribution in [0.3, 0.4) is 0 Å². The molecule has 0 saturated heterocycles. The van der Waals surface area contributed by atoms with Crippen LogP contribution in [0.1, 0.15) is 21.5 Å². The van der Waals surface area contributed by atoms with E-state index in [1.54, 1.807) is 12.1 Å². The summed E-state index contributed by atoms with van der Waals surface area (Å²) in [6, 6.07) is 12.9. The van der Waals surface area contributed by atoms with Gasteiger partial charge in [0.15, 0.2) is 0 Å². The molecular formula is C15H13BrO3. The zero-order valence-corrected chi connectivity index (χ0v) is 12.0. The van der Waals surface area contributed by atoms with Gasteiger partial charge in [-0.05, 0) is 30.7 Å². The number of aromatic carboxylic acids is 1. The van der Waals surface area contributed by atoms with Gasteiger partial charge in [-0.25, -0.2) is 4.79 Å². The third-order valence-electron chi connectivity index (χ3n) is 2.69. The second kappa shape index (κ2) is 5.89. The molecular weight excluding hydrogens is 308 g/mol. The lowest BCUT2D eigenvalue weighted by Crippen LogP contribution is -2.03. The van der Waals surface area contributed by atoms with Gasteiger partial charge in [-0.3, -0.25) is 0 Å². The summed E-state index contributed by atoms with van der Waals surface area (Å²) in [5.74, 6) is -0.628. The Labute approximate surface area is 120 Å². The second-order valence-electron chi connectivity index (χ2n) is 4.22. The molecule has 0 heterocycles. The summed E-state index contributed by atoms with van der Waals surface area (Å²) in [5, 5.41) is 9.12. The number of aryl methyl sites for hydroxylation is 1. The zero-order chi connectivity index (χ0) is 13.8. The number of benzene rings is 2. The van der Waals surface area contributed by atoms with Gasteiger partial charge in [0.05, 0.1) is 0 Å². The van der Waals surface area contributed by atoms with E-state index in [0.29, 0.717) is 16.8 Å². The maximum atomic E-state index is 11.1. The van der Waals surface area contributed by atoms with Crippen molar-refractivity contribution in [2.24, 2.45) is 0 Å². The Hall–Kier alpha value is -1.81. The number of carbonyl (C=O) groups is 1. The first-order chi connectivity index (χ1) is 9.06. The summed E-state index contributed by atoms with van der Waals surface area (Å²) in [5.41, 5.74) is 2.34. The fourth-order valence-electron chi connectivity index (χ4n) is 1.64. The van der Waals surface area contributed by atoms with Crippen LogP contribution in [0.4, 0.5) is 0 Å². The summed E-state index contributed by atoms with van der Waals surface area (Å²) in [4.78, 5) is 11.1. The van der Waals surface area contributed by atoms with Crippen molar-refractivity contribution in [1.29, 1.82) is 0 Å². The number of halogens is 1. The average Bonchev–Trinajstić information content (AvgIpc) is 2.39. The van der Waals surface area contributed by atoms with Crippen molar-refractivity contribution in [3.05, 3.63) is 63.6 Å². The Balaban J connectivity index is 2.15. The van der Waals surface area contributed by atoms with Crippen molar-refractivity contribution < 1.29 is 14.6 Å². The molecule has 0 radical (unpaired) electrons. The lowest BCUT2D eigenvalue weighted by atomic mass is 10.1. The Morgan fingerprint density at radius 2 is 1.89 bits per heavy atom. The molecule has 0 unspecified atom stereocenters. The number of rotatable bonds is 4. The van der Waals surface area contributed by atoms with E-state index < -0.39 is 5.97 Å². The van der Waals surface area contributed by atoms with Gasteiger partial charge in [0, 0.05) is 4.47 Å². The molecule has 3 nitrogen and oxygen atoms in total. The molecule has 0 spiro atoms. The quantitative estimate of drug-likeness (QED) is 0.924. The first-order valence-electron chi connectivity index (χ1n) is 5.77. The van der Waals surface area contributed by atoms with Crippen molar-refractivity contribution in [3.63, 3.8) is 0 Å². The van der Waals surface area contributed by atoms with Crippen LogP contribution in [-0.4, -0.2) is 11.1 Å². The van der Waals surface area contributed by atoms with Crippen LogP contribution in [0.5, 0.6) is 5.75 Å². The first-order valence-corrected chi connectivity index (χ1v) is 6.57. The van der Waals surface area contributed by atoms with Crippen LogP contribution < -0.4 is 4.74 Å². The van der Waals surface area contributed by atoms with Gasteiger partial charge in [-0.1, -0.05) is 45.8 Å². The van der Waals surface area contributed by atoms with E-state index in [1.807, 2.05) is 31.2 Å². The van der Waals surface area contributed by atoms with E-state index in [1.165, 1.54) is 11.6 Å². The first kappa shape index (κ1) is 13.6. The maximum Gasteiger partial charge on any atom is 0.339 e. The van der Waals surface area contributed by atoms with Crippen LogP contribution in [0.2, 0.25) is 0 Å². The van der Waals surface area contributed by atoms with E-state index in [0.717, 1.165) is 5.56 Å². The minimum absolute atomic E-state index is 0.154. The third-order valence-corrected chi connectivity index (χ3v) is 3.18. The lowest BCUT2D eigenvalue weighted by molar-refractivity contribution is 0.0691. The minimum Gasteiger partial charge on any atom is -0.488 e. The number of carboxylic acid groups (broad SMARTS) is 1. The average molecular weight is 321 g/mol. The van der Waals surface area contributed by atoms with Crippen molar-refractivity contribution in [2.45, 2.75) is 13.5 Å². The number of carboxylic acids is 1. The smallest absolute Gasteiger partial charge is 0.339 e. The molecule has 98 valence electrons. The molecule has 0 atom stereocenters. The molecule has 0 aliphatic carbocycles. The molecule has 0 aliphatic heterocycles. The summed E-state index contributed by atoms with van der Waals surface area (Å²) >= 11 is 3.25. The van der Waals surface area contributed by atoms with Crippen LogP contribution >= 0.6 is 15.9 Å². The predicted molar refractivity (Wildman–Crippen MR) is 76.6 cm³/mol. The molecule has 0 fully saturated rings. The van der Waals surface area contributed by atoms with Crippen molar-refractivity contribution in [1.82, 2.24) is 0 Å². The molecule has 0 amide bonds. The van der Waals surface area contributed by atoms with Crippen LogP contribution in [0, 0.1) is 6.92 Å². The fraction of sp³-hybridized carbons (Fsp3) is 0.133. The predicted octanol–water partition coefficient (Wildman–Crippen LogP) is 4.03. The molecule has 2 aromatic rings. The van der Waals surface area contributed by atoms with Gasteiger partial charge < -0.3 is 9.84 Å². The SMILES string of the molecule is Cc1ccc(COc2ccc(Br)cc2C(=O)O)cc1. The summed E-state index contributed by atoms with van der Waals surface area (Å²) in [6.07, 6.45) is 0. The molecule has 0 aromatic heterocycles. The standard InChI is InChI=1S/C15H13BrO3/c1-10-2-4-11(5-3-10)9-19-14-7-6-12(16)8-13(14)15(17)18/h2-8H,9H2,1H3,(H,17,18). The highest BCUT2D eigenvalue weighted by Crippen LogP contribution is 2.24. The summed E-state index contributed by atoms with van der Waals surface area (Å²) in [7, 11) is 0. The van der Waals surface area contributed by atoms with Crippen LogP contribution in [-0.2, 0) is 6.61 Å². The van der Waals surface area contributed by atoms with Crippen LogP contribution in [0.15, 0.2) is 46.9 Å². The molecule has 19 heavy (non-hydrogen) atoms. The van der Waals surface area contributed by atoms with Gasteiger partial charge >= 0.3 is 5.97 Å². The molecule has 2 aromatic carbocycles. The highest BCUT2D eigenvalue weighted by Gasteiger charge is 2.11. The second-order valence-corrected chi connectivity index (χ2v) is 5.14. The Bertz CT molecular complexity index is 591. The highest BCUT2D eigenvalue weighted by atomic mass is 79.9. The normalized spacial score (nSPS) is 10.2. The van der Waals surface area contributed by atoms with E-state index in [4.69, 9.17) is 9.84 Å². The molecule has 1 N–H and O–H groups in total. The minimum atomic E-state index is -1.000. The lowest BCUT2D eigenvalue weighted by Gasteiger charge is -2.09. The van der Waals surface area contributed by atoms with E-state index in [9.17, 15) is 4.79 Å². The topological polar surface area (TPSA) is 46.5 Å². The van der Waals surface area contributed by atoms with E-state index in [2.05, 4.69) is 15.9 Å². The Kier molecular flexibility index (Phi) is 4.22.